The number of nitrogens with one attached hydrogen (secondary N) is 1. The molecule has 1 amide bonds. The molecule has 0 aliphatic carbocycles. The van der Waals surface area contributed by atoms with Gasteiger partial charge in [0.05, 0.1) is 23.3 Å². The van der Waals surface area contributed by atoms with Crippen LogP contribution in [-0.4, -0.2) is 26.7 Å². The summed E-state index contributed by atoms with van der Waals surface area (Å²) in [5, 5.41) is 12.5. The van der Waals surface area contributed by atoms with Crippen molar-refractivity contribution < 1.29 is 9.90 Å². The largest absolute Gasteiger partial charge is 0.508 e. The molecule has 0 bridgehead atoms. The number of phenolic OH excluding ortho intramolecular Hbond substituents is 1. The van der Waals surface area contributed by atoms with E-state index in [1.807, 2.05) is 60.7 Å². The maximum absolute atomic E-state index is 12.6. The van der Waals surface area contributed by atoms with Crippen LogP contribution in [0.2, 0.25) is 0 Å². The molecule has 0 radical (unpaired) electrons. The number of nitrogens with zero attached hydrogens (tertiary/aromatic N) is 2. The molecule has 5 nitrogen and oxygen atoms in total. The number of aromatic hydroxyl groups is 1. The van der Waals surface area contributed by atoms with Crippen molar-refractivity contribution in [2.24, 2.45) is 0 Å². The third-order valence-corrected chi connectivity index (χ3v) is 5.61. The first-order valence-electron chi connectivity index (χ1n) is 9.84. The summed E-state index contributed by atoms with van der Waals surface area (Å²) in [5.74, 6) is 0.817. The minimum atomic E-state index is -0.130. The highest BCUT2D eigenvalue weighted by Crippen LogP contribution is 2.24. The lowest BCUT2D eigenvalue weighted by atomic mass is 10.1. The number of thioether (sulfide) groups is 1. The van der Waals surface area contributed by atoms with Gasteiger partial charge in [-0.15, -0.1) is 11.8 Å². The molecule has 0 spiro atoms. The van der Waals surface area contributed by atoms with Crippen LogP contribution in [0.1, 0.15) is 11.3 Å². The molecular weight excluding hydrogens is 406 g/mol. The Hall–Kier alpha value is -3.64. The molecule has 0 unspecified atom stereocenters. The highest BCUT2D eigenvalue weighted by Gasteiger charge is 2.13. The summed E-state index contributed by atoms with van der Waals surface area (Å²) in [6.45, 7) is 0. The molecule has 1 heterocycles. The Morgan fingerprint density at radius 2 is 1.58 bits per heavy atom. The molecule has 0 atom stereocenters. The molecule has 154 valence electrons. The van der Waals surface area contributed by atoms with E-state index < -0.39 is 0 Å². The van der Waals surface area contributed by atoms with Crippen molar-refractivity contribution in [1.82, 2.24) is 9.97 Å². The normalized spacial score (nSPS) is 10.6. The summed E-state index contributed by atoms with van der Waals surface area (Å²) in [5.41, 5.74) is 3.29. The molecule has 31 heavy (non-hydrogen) atoms. The monoisotopic (exact) mass is 427 g/mol. The number of amides is 1. The van der Waals surface area contributed by atoms with Gasteiger partial charge in [0.2, 0.25) is 5.91 Å². The molecule has 4 rings (SSSR count). The lowest BCUT2D eigenvalue weighted by molar-refractivity contribution is -0.113. The maximum atomic E-state index is 12.6. The number of carbonyl (C=O) groups is 1. The van der Waals surface area contributed by atoms with Gasteiger partial charge < -0.3 is 10.4 Å². The Morgan fingerprint density at radius 3 is 2.29 bits per heavy atom. The fourth-order valence-electron chi connectivity index (χ4n) is 3.05. The Morgan fingerprint density at radius 1 is 0.903 bits per heavy atom. The molecule has 0 fully saturated rings. The topological polar surface area (TPSA) is 75.1 Å². The first-order valence-corrected chi connectivity index (χ1v) is 10.8. The average molecular weight is 428 g/mol. The van der Waals surface area contributed by atoms with Crippen molar-refractivity contribution in [2.75, 3.05) is 11.1 Å². The predicted octanol–water partition coefficient (Wildman–Crippen LogP) is 5.17. The predicted molar refractivity (Wildman–Crippen MR) is 124 cm³/mol. The first-order chi connectivity index (χ1) is 15.2. The van der Waals surface area contributed by atoms with Crippen LogP contribution in [0.15, 0.2) is 96.0 Å². The summed E-state index contributed by atoms with van der Waals surface area (Å²) in [7, 11) is 0. The second-order valence-electron chi connectivity index (χ2n) is 6.91. The van der Waals surface area contributed by atoms with Gasteiger partial charge in [-0.2, -0.15) is 0 Å². The summed E-state index contributed by atoms with van der Waals surface area (Å²) in [6.07, 6.45) is 2.18. The minimum Gasteiger partial charge on any atom is -0.508 e. The van der Waals surface area contributed by atoms with E-state index in [1.165, 1.54) is 11.8 Å². The molecule has 3 aromatic carbocycles. The van der Waals surface area contributed by atoms with Crippen molar-refractivity contribution in [3.8, 4) is 17.0 Å². The molecule has 0 saturated heterocycles. The van der Waals surface area contributed by atoms with Crippen LogP contribution in [0.3, 0.4) is 0 Å². The van der Waals surface area contributed by atoms with Crippen molar-refractivity contribution in [2.45, 2.75) is 11.3 Å². The van der Waals surface area contributed by atoms with E-state index in [0.717, 1.165) is 16.0 Å². The van der Waals surface area contributed by atoms with Gasteiger partial charge in [-0.25, -0.2) is 9.97 Å². The van der Waals surface area contributed by atoms with Crippen LogP contribution in [0.25, 0.3) is 11.3 Å². The van der Waals surface area contributed by atoms with Gasteiger partial charge >= 0.3 is 0 Å². The third kappa shape index (κ3) is 5.71. The SMILES string of the molecule is O=C(CSc1ccccc1)Nc1ncc(-c2ccc(O)cc2)nc1Cc1ccccc1. The highest BCUT2D eigenvalue weighted by molar-refractivity contribution is 8.00. The zero-order valence-corrected chi connectivity index (χ0v) is 17.5. The van der Waals surface area contributed by atoms with Gasteiger partial charge in [-0.05, 0) is 42.0 Å². The Bertz CT molecular complexity index is 1150. The Balaban J connectivity index is 1.56. The number of hydrogen-bond acceptors (Lipinski definition) is 5. The van der Waals surface area contributed by atoms with Crippen molar-refractivity contribution in [3.05, 3.63) is 102 Å². The number of phenols is 1. The molecular formula is C25H21N3O2S. The van der Waals surface area contributed by atoms with Gasteiger partial charge in [-0.3, -0.25) is 4.79 Å². The summed E-state index contributed by atoms with van der Waals surface area (Å²) < 4.78 is 0. The standard InChI is InChI=1S/C25H21N3O2S/c29-20-13-11-19(12-14-20)23-16-26-25(22(27-23)15-18-7-3-1-4-8-18)28-24(30)17-31-21-9-5-2-6-10-21/h1-14,16,29H,15,17H2,(H,26,28,30). The van der Waals surface area contributed by atoms with Crippen molar-refractivity contribution >= 4 is 23.5 Å². The number of hydrogen-bond donors (Lipinski definition) is 2. The maximum Gasteiger partial charge on any atom is 0.235 e. The van der Waals surface area contributed by atoms with E-state index in [0.29, 0.717) is 23.6 Å². The summed E-state index contributed by atoms with van der Waals surface area (Å²) >= 11 is 1.48. The molecule has 6 heteroatoms. The number of anilines is 1. The van der Waals surface area contributed by atoms with Gasteiger partial charge in [0.15, 0.2) is 5.82 Å². The molecule has 2 N–H and O–H groups in total. The van der Waals surface area contributed by atoms with Crippen LogP contribution < -0.4 is 5.32 Å². The Kier molecular flexibility index (Phi) is 6.59. The molecule has 1 aromatic heterocycles. The van der Waals surface area contributed by atoms with E-state index in [-0.39, 0.29) is 17.4 Å². The lowest BCUT2D eigenvalue weighted by Crippen LogP contribution is -2.17. The molecule has 0 aliphatic heterocycles. The summed E-state index contributed by atoms with van der Waals surface area (Å²) in [4.78, 5) is 22.9. The fraction of sp³-hybridized carbons (Fsp3) is 0.0800. The zero-order chi connectivity index (χ0) is 21.5. The van der Waals surface area contributed by atoms with Crippen LogP contribution in [0.4, 0.5) is 5.82 Å². The second kappa shape index (κ2) is 9.91. The smallest absolute Gasteiger partial charge is 0.235 e. The number of carbonyl (C=O) groups excluding carboxylic acids is 1. The fourth-order valence-corrected chi connectivity index (χ4v) is 3.77. The van der Waals surface area contributed by atoms with Gasteiger partial charge in [0.25, 0.3) is 0 Å². The molecule has 4 aromatic rings. The lowest BCUT2D eigenvalue weighted by Gasteiger charge is -2.12. The quantitative estimate of drug-likeness (QED) is 0.398. The first kappa shape index (κ1) is 20.6. The summed E-state index contributed by atoms with van der Waals surface area (Å²) in [6, 6.07) is 26.6. The minimum absolute atomic E-state index is 0.130. The van der Waals surface area contributed by atoms with Gasteiger partial charge in [0.1, 0.15) is 5.75 Å². The van der Waals surface area contributed by atoms with E-state index >= 15 is 0 Å². The van der Waals surface area contributed by atoms with E-state index in [4.69, 9.17) is 4.98 Å². The average Bonchev–Trinajstić information content (AvgIpc) is 2.81. The van der Waals surface area contributed by atoms with E-state index in [1.54, 1.807) is 30.5 Å². The van der Waals surface area contributed by atoms with Gasteiger partial charge in [0, 0.05) is 16.9 Å². The Labute approximate surface area is 185 Å². The second-order valence-corrected chi connectivity index (χ2v) is 7.96. The molecule has 0 saturated carbocycles. The van der Waals surface area contributed by atoms with Crippen molar-refractivity contribution in [3.63, 3.8) is 0 Å². The number of rotatable bonds is 7. The van der Waals surface area contributed by atoms with E-state index in [2.05, 4.69) is 10.3 Å². The third-order valence-electron chi connectivity index (χ3n) is 4.59. The zero-order valence-electron chi connectivity index (χ0n) is 16.7. The van der Waals surface area contributed by atoms with Crippen LogP contribution in [-0.2, 0) is 11.2 Å². The van der Waals surface area contributed by atoms with Crippen LogP contribution in [0, 0.1) is 0 Å². The number of aromatic nitrogens is 2. The van der Waals surface area contributed by atoms with Crippen LogP contribution >= 0.6 is 11.8 Å². The van der Waals surface area contributed by atoms with Crippen molar-refractivity contribution in [1.29, 1.82) is 0 Å². The highest BCUT2D eigenvalue weighted by atomic mass is 32.2. The van der Waals surface area contributed by atoms with Gasteiger partial charge in [-0.1, -0.05) is 48.5 Å². The van der Waals surface area contributed by atoms with E-state index in [9.17, 15) is 9.90 Å². The molecule has 0 aliphatic rings. The number of benzene rings is 3. The van der Waals surface area contributed by atoms with Crippen LogP contribution in [0.5, 0.6) is 5.75 Å².